The minimum absolute atomic E-state index is 0.0661. The molecule has 72 valence electrons. The second-order valence-electron chi connectivity index (χ2n) is 2.98. The zero-order chi connectivity index (χ0) is 9.84. The Balaban J connectivity index is 2.98. The number of rotatable bonds is 3. The molecule has 13 heavy (non-hydrogen) atoms. The van der Waals surface area contributed by atoms with Crippen molar-refractivity contribution >= 4 is 0 Å². The van der Waals surface area contributed by atoms with Gasteiger partial charge in [0.15, 0.2) is 0 Å². The van der Waals surface area contributed by atoms with Crippen molar-refractivity contribution in [2.75, 3.05) is 7.11 Å². The smallest absolute Gasteiger partial charge is 0.235 e. The molecule has 4 nitrogen and oxygen atoms in total. The maximum atomic E-state index is 9.37. The summed E-state index contributed by atoms with van der Waals surface area (Å²) in [5.41, 5.74) is 0.694. The van der Waals surface area contributed by atoms with E-state index in [0.717, 1.165) is 0 Å². The zero-order valence-corrected chi connectivity index (χ0v) is 8.06. The lowest BCUT2D eigenvalue weighted by Crippen LogP contribution is -2.14. The molecular formula is C9H14N2O2. The fraction of sp³-hybridized carbons (Fsp3) is 0.556. The molecule has 1 rings (SSSR count). The monoisotopic (exact) mass is 182 g/mol. The molecule has 0 aliphatic heterocycles. The van der Waals surface area contributed by atoms with Crippen LogP contribution < -0.4 is 4.74 Å². The average molecular weight is 182 g/mol. The molecule has 0 bridgehead atoms. The SMILES string of the molecule is COc1nccnc1C(C)C(C)O. The Hall–Kier alpha value is -1.16. The van der Waals surface area contributed by atoms with E-state index in [-0.39, 0.29) is 5.92 Å². The molecule has 1 heterocycles. The largest absolute Gasteiger partial charge is 0.480 e. The van der Waals surface area contributed by atoms with Crippen molar-refractivity contribution in [2.24, 2.45) is 0 Å². The summed E-state index contributed by atoms with van der Waals surface area (Å²) in [4.78, 5) is 8.13. The van der Waals surface area contributed by atoms with Gasteiger partial charge in [-0.3, -0.25) is 4.98 Å². The van der Waals surface area contributed by atoms with Crippen LogP contribution in [0.4, 0.5) is 0 Å². The predicted octanol–water partition coefficient (Wildman–Crippen LogP) is 0.969. The summed E-state index contributed by atoms with van der Waals surface area (Å²) >= 11 is 0. The standard InChI is InChI=1S/C9H14N2O2/c1-6(7(2)12)8-9(13-3)11-5-4-10-8/h4-7,12H,1-3H3. The van der Waals surface area contributed by atoms with E-state index in [1.54, 1.807) is 26.4 Å². The summed E-state index contributed by atoms with van der Waals surface area (Å²) < 4.78 is 5.03. The summed E-state index contributed by atoms with van der Waals surface area (Å²) in [6.45, 7) is 3.61. The first kappa shape index (κ1) is 9.92. The highest BCUT2D eigenvalue weighted by atomic mass is 16.5. The summed E-state index contributed by atoms with van der Waals surface area (Å²) in [7, 11) is 1.54. The molecule has 2 atom stereocenters. The number of aromatic nitrogens is 2. The highest BCUT2D eigenvalue weighted by molar-refractivity contribution is 5.21. The lowest BCUT2D eigenvalue weighted by molar-refractivity contribution is 0.165. The van der Waals surface area contributed by atoms with Gasteiger partial charge in [-0.25, -0.2) is 4.98 Å². The molecule has 0 saturated carbocycles. The Labute approximate surface area is 77.6 Å². The van der Waals surface area contributed by atoms with E-state index in [9.17, 15) is 5.11 Å². The van der Waals surface area contributed by atoms with Crippen LogP contribution in [0.2, 0.25) is 0 Å². The molecule has 0 aliphatic carbocycles. The van der Waals surface area contributed by atoms with Crippen LogP contribution in [0.1, 0.15) is 25.5 Å². The van der Waals surface area contributed by atoms with Gasteiger partial charge >= 0.3 is 0 Å². The first-order chi connectivity index (χ1) is 6.16. The van der Waals surface area contributed by atoms with Crippen LogP contribution in [-0.4, -0.2) is 28.3 Å². The third-order valence-electron chi connectivity index (χ3n) is 2.04. The highest BCUT2D eigenvalue weighted by Gasteiger charge is 2.17. The fourth-order valence-electron chi connectivity index (χ4n) is 1.03. The van der Waals surface area contributed by atoms with Crippen molar-refractivity contribution in [3.63, 3.8) is 0 Å². The topological polar surface area (TPSA) is 55.2 Å². The minimum Gasteiger partial charge on any atom is -0.480 e. The Morgan fingerprint density at radius 1 is 1.31 bits per heavy atom. The third kappa shape index (κ3) is 2.15. The van der Waals surface area contributed by atoms with Gasteiger partial charge in [-0.05, 0) is 6.92 Å². The summed E-state index contributed by atoms with van der Waals surface area (Å²) in [6, 6.07) is 0. The molecule has 4 heteroatoms. The van der Waals surface area contributed by atoms with E-state index in [2.05, 4.69) is 9.97 Å². The molecule has 0 aliphatic rings. The molecule has 0 fully saturated rings. The predicted molar refractivity (Wildman–Crippen MR) is 48.7 cm³/mol. The number of hydrogen-bond acceptors (Lipinski definition) is 4. The van der Waals surface area contributed by atoms with Crippen molar-refractivity contribution in [3.05, 3.63) is 18.1 Å². The second kappa shape index (κ2) is 4.18. The lowest BCUT2D eigenvalue weighted by atomic mass is 10.0. The first-order valence-corrected chi connectivity index (χ1v) is 4.19. The lowest BCUT2D eigenvalue weighted by Gasteiger charge is -2.15. The van der Waals surface area contributed by atoms with Crippen LogP contribution in [0.25, 0.3) is 0 Å². The summed E-state index contributed by atoms with van der Waals surface area (Å²) in [6.07, 6.45) is 2.71. The van der Waals surface area contributed by atoms with Crippen LogP contribution in [-0.2, 0) is 0 Å². The van der Waals surface area contributed by atoms with Crippen LogP contribution >= 0.6 is 0 Å². The Morgan fingerprint density at radius 3 is 2.46 bits per heavy atom. The van der Waals surface area contributed by atoms with Gasteiger partial charge in [0, 0.05) is 18.3 Å². The second-order valence-corrected chi connectivity index (χ2v) is 2.98. The van der Waals surface area contributed by atoms with Gasteiger partial charge in [-0.15, -0.1) is 0 Å². The number of aliphatic hydroxyl groups excluding tert-OH is 1. The molecule has 2 unspecified atom stereocenters. The maximum Gasteiger partial charge on any atom is 0.235 e. The molecule has 0 radical (unpaired) electrons. The van der Waals surface area contributed by atoms with Gasteiger partial charge in [-0.1, -0.05) is 6.92 Å². The normalized spacial score (nSPS) is 15.1. The first-order valence-electron chi connectivity index (χ1n) is 4.19. The van der Waals surface area contributed by atoms with Crippen molar-refractivity contribution in [2.45, 2.75) is 25.9 Å². The van der Waals surface area contributed by atoms with E-state index in [1.165, 1.54) is 0 Å². The van der Waals surface area contributed by atoms with Crippen molar-refractivity contribution in [1.82, 2.24) is 9.97 Å². The number of ether oxygens (including phenoxy) is 1. The van der Waals surface area contributed by atoms with E-state index in [4.69, 9.17) is 4.74 Å². The summed E-state index contributed by atoms with van der Waals surface area (Å²) in [5.74, 6) is 0.416. The molecule has 0 saturated heterocycles. The summed E-state index contributed by atoms with van der Waals surface area (Å²) in [5, 5.41) is 9.37. The quantitative estimate of drug-likeness (QED) is 0.756. The van der Waals surface area contributed by atoms with E-state index >= 15 is 0 Å². The van der Waals surface area contributed by atoms with Crippen LogP contribution in [0.3, 0.4) is 0 Å². The maximum absolute atomic E-state index is 9.37. The number of aliphatic hydroxyl groups is 1. The minimum atomic E-state index is -0.453. The van der Waals surface area contributed by atoms with Gasteiger partial charge in [0.25, 0.3) is 0 Å². The van der Waals surface area contributed by atoms with Gasteiger partial charge in [0.05, 0.1) is 13.2 Å². The number of methoxy groups -OCH3 is 1. The van der Waals surface area contributed by atoms with E-state index < -0.39 is 6.10 Å². The zero-order valence-electron chi connectivity index (χ0n) is 8.06. The average Bonchev–Trinajstić information content (AvgIpc) is 2.16. The highest BCUT2D eigenvalue weighted by Crippen LogP contribution is 2.23. The third-order valence-corrected chi connectivity index (χ3v) is 2.04. The Morgan fingerprint density at radius 2 is 1.92 bits per heavy atom. The van der Waals surface area contributed by atoms with Crippen LogP contribution in [0, 0.1) is 0 Å². The van der Waals surface area contributed by atoms with Gasteiger partial charge < -0.3 is 9.84 Å². The number of hydrogen-bond donors (Lipinski definition) is 1. The molecule has 0 aromatic carbocycles. The Bertz CT molecular complexity index is 276. The van der Waals surface area contributed by atoms with Crippen LogP contribution in [0.15, 0.2) is 12.4 Å². The van der Waals surface area contributed by atoms with Crippen LogP contribution in [0.5, 0.6) is 5.88 Å². The molecular weight excluding hydrogens is 168 g/mol. The van der Waals surface area contributed by atoms with Gasteiger partial charge in [0.1, 0.15) is 5.69 Å². The van der Waals surface area contributed by atoms with Gasteiger partial charge in [-0.2, -0.15) is 0 Å². The fourth-order valence-corrected chi connectivity index (χ4v) is 1.03. The number of nitrogens with zero attached hydrogens (tertiary/aromatic N) is 2. The molecule has 1 aromatic rings. The van der Waals surface area contributed by atoms with Gasteiger partial charge in [0.2, 0.25) is 5.88 Å². The Kier molecular flexibility index (Phi) is 3.19. The molecule has 1 N–H and O–H groups in total. The molecule has 1 aromatic heterocycles. The molecule has 0 spiro atoms. The van der Waals surface area contributed by atoms with Crippen molar-refractivity contribution in [3.8, 4) is 5.88 Å². The van der Waals surface area contributed by atoms with E-state index in [0.29, 0.717) is 11.6 Å². The molecule has 0 amide bonds. The van der Waals surface area contributed by atoms with Crippen molar-refractivity contribution in [1.29, 1.82) is 0 Å². The van der Waals surface area contributed by atoms with E-state index in [1.807, 2.05) is 6.92 Å². The van der Waals surface area contributed by atoms with Crippen molar-refractivity contribution < 1.29 is 9.84 Å².